The van der Waals surface area contributed by atoms with E-state index < -0.39 is 0 Å². The van der Waals surface area contributed by atoms with Gasteiger partial charge < -0.3 is 15.1 Å². The SMILES string of the molecule is CCNc1ccc(C(=O)N2CCCN(C)CC2)cc1C. The van der Waals surface area contributed by atoms with Gasteiger partial charge in [-0.1, -0.05) is 0 Å². The van der Waals surface area contributed by atoms with Crippen molar-refractivity contribution in [2.45, 2.75) is 20.3 Å². The van der Waals surface area contributed by atoms with E-state index in [2.05, 4.69) is 24.2 Å². The van der Waals surface area contributed by atoms with E-state index in [9.17, 15) is 4.79 Å². The molecule has 1 fully saturated rings. The lowest BCUT2D eigenvalue weighted by molar-refractivity contribution is 0.0763. The molecule has 2 rings (SSSR count). The number of anilines is 1. The van der Waals surface area contributed by atoms with E-state index >= 15 is 0 Å². The number of nitrogens with one attached hydrogen (secondary N) is 1. The Morgan fingerprint density at radius 2 is 2.05 bits per heavy atom. The van der Waals surface area contributed by atoms with Gasteiger partial charge in [-0.2, -0.15) is 0 Å². The molecular weight excluding hydrogens is 250 g/mol. The zero-order valence-electron chi connectivity index (χ0n) is 12.8. The van der Waals surface area contributed by atoms with Crippen LogP contribution in [0.1, 0.15) is 29.3 Å². The van der Waals surface area contributed by atoms with Crippen molar-refractivity contribution in [3.63, 3.8) is 0 Å². The molecule has 0 saturated carbocycles. The quantitative estimate of drug-likeness (QED) is 0.918. The van der Waals surface area contributed by atoms with Crippen LogP contribution in [-0.2, 0) is 0 Å². The molecule has 0 aromatic heterocycles. The molecule has 1 amide bonds. The highest BCUT2D eigenvalue weighted by Gasteiger charge is 2.19. The lowest BCUT2D eigenvalue weighted by Gasteiger charge is -2.21. The highest BCUT2D eigenvalue weighted by Crippen LogP contribution is 2.18. The third-order valence-corrected chi connectivity index (χ3v) is 3.85. The van der Waals surface area contributed by atoms with Crippen LogP contribution in [0.25, 0.3) is 0 Å². The first-order chi connectivity index (χ1) is 9.61. The minimum atomic E-state index is 0.159. The number of benzene rings is 1. The molecule has 0 radical (unpaired) electrons. The van der Waals surface area contributed by atoms with Crippen LogP contribution in [0.4, 0.5) is 5.69 Å². The lowest BCUT2D eigenvalue weighted by Crippen LogP contribution is -2.34. The van der Waals surface area contributed by atoms with Crippen molar-refractivity contribution >= 4 is 11.6 Å². The zero-order valence-corrected chi connectivity index (χ0v) is 12.8. The van der Waals surface area contributed by atoms with Gasteiger partial charge in [0.1, 0.15) is 0 Å². The Morgan fingerprint density at radius 1 is 1.25 bits per heavy atom. The Labute approximate surface area is 121 Å². The van der Waals surface area contributed by atoms with Crippen LogP contribution in [0, 0.1) is 6.92 Å². The molecule has 0 spiro atoms. The monoisotopic (exact) mass is 275 g/mol. The molecule has 0 aliphatic carbocycles. The number of nitrogens with zero attached hydrogens (tertiary/aromatic N) is 2. The summed E-state index contributed by atoms with van der Waals surface area (Å²) in [5, 5.41) is 3.31. The second-order valence-corrected chi connectivity index (χ2v) is 5.51. The summed E-state index contributed by atoms with van der Waals surface area (Å²) in [6.07, 6.45) is 1.05. The van der Waals surface area contributed by atoms with Gasteiger partial charge in [-0.05, 0) is 57.6 Å². The van der Waals surface area contributed by atoms with Gasteiger partial charge in [0.25, 0.3) is 5.91 Å². The summed E-state index contributed by atoms with van der Waals surface area (Å²) in [6.45, 7) is 8.73. The van der Waals surface area contributed by atoms with Crippen molar-refractivity contribution in [1.29, 1.82) is 0 Å². The topological polar surface area (TPSA) is 35.6 Å². The molecule has 1 N–H and O–H groups in total. The number of carbonyl (C=O) groups is 1. The molecule has 4 nitrogen and oxygen atoms in total. The van der Waals surface area contributed by atoms with Gasteiger partial charge >= 0.3 is 0 Å². The lowest BCUT2D eigenvalue weighted by atomic mass is 10.1. The first-order valence-corrected chi connectivity index (χ1v) is 7.44. The Kier molecular flexibility index (Phi) is 5.01. The maximum Gasteiger partial charge on any atom is 0.253 e. The van der Waals surface area contributed by atoms with Crippen molar-refractivity contribution in [3.05, 3.63) is 29.3 Å². The predicted octanol–water partition coefficient (Wildman–Crippen LogP) is 2.20. The third-order valence-electron chi connectivity index (χ3n) is 3.85. The smallest absolute Gasteiger partial charge is 0.253 e. The van der Waals surface area contributed by atoms with Gasteiger partial charge in [0.05, 0.1) is 0 Å². The van der Waals surface area contributed by atoms with Gasteiger partial charge in [0.15, 0.2) is 0 Å². The molecule has 0 bridgehead atoms. The van der Waals surface area contributed by atoms with E-state index in [-0.39, 0.29) is 5.91 Å². The summed E-state index contributed by atoms with van der Waals surface area (Å²) >= 11 is 0. The fraction of sp³-hybridized carbons (Fsp3) is 0.562. The number of likely N-dealkylation sites (N-methyl/N-ethyl adjacent to an activating group) is 1. The van der Waals surface area contributed by atoms with E-state index in [1.165, 1.54) is 0 Å². The second kappa shape index (κ2) is 6.75. The van der Waals surface area contributed by atoms with Crippen molar-refractivity contribution in [2.75, 3.05) is 45.1 Å². The first-order valence-electron chi connectivity index (χ1n) is 7.44. The molecule has 0 unspecified atom stereocenters. The Morgan fingerprint density at radius 3 is 2.75 bits per heavy atom. The first kappa shape index (κ1) is 14.9. The summed E-state index contributed by atoms with van der Waals surface area (Å²) in [7, 11) is 2.11. The molecule has 1 saturated heterocycles. The van der Waals surface area contributed by atoms with Crippen LogP contribution in [0.3, 0.4) is 0 Å². The maximum atomic E-state index is 12.6. The van der Waals surface area contributed by atoms with E-state index in [1.807, 2.05) is 30.0 Å². The van der Waals surface area contributed by atoms with Crippen molar-refractivity contribution < 1.29 is 4.79 Å². The van der Waals surface area contributed by atoms with Gasteiger partial charge in [0.2, 0.25) is 0 Å². The van der Waals surface area contributed by atoms with Crippen LogP contribution in [0.15, 0.2) is 18.2 Å². The van der Waals surface area contributed by atoms with Crippen LogP contribution < -0.4 is 5.32 Å². The van der Waals surface area contributed by atoms with E-state index in [4.69, 9.17) is 0 Å². The summed E-state index contributed by atoms with van der Waals surface area (Å²) < 4.78 is 0. The van der Waals surface area contributed by atoms with Crippen LogP contribution in [-0.4, -0.2) is 55.5 Å². The summed E-state index contributed by atoms with van der Waals surface area (Å²) in [5.74, 6) is 0.159. The normalized spacial score (nSPS) is 16.9. The maximum absolute atomic E-state index is 12.6. The molecule has 0 atom stereocenters. The molecular formula is C16H25N3O. The molecule has 1 aromatic carbocycles. The predicted molar refractivity (Wildman–Crippen MR) is 83.4 cm³/mol. The van der Waals surface area contributed by atoms with Gasteiger partial charge in [-0.3, -0.25) is 4.79 Å². The fourth-order valence-electron chi connectivity index (χ4n) is 2.62. The number of amides is 1. The molecule has 20 heavy (non-hydrogen) atoms. The minimum absolute atomic E-state index is 0.159. The van der Waals surface area contributed by atoms with Crippen LogP contribution in [0.2, 0.25) is 0 Å². The van der Waals surface area contributed by atoms with E-state index in [1.54, 1.807) is 0 Å². The van der Waals surface area contributed by atoms with Gasteiger partial charge in [0, 0.05) is 37.4 Å². The van der Waals surface area contributed by atoms with E-state index in [0.29, 0.717) is 0 Å². The fourth-order valence-corrected chi connectivity index (χ4v) is 2.62. The van der Waals surface area contributed by atoms with Crippen molar-refractivity contribution in [1.82, 2.24) is 9.80 Å². The second-order valence-electron chi connectivity index (χ2n) is 5.51. The molecule has 1 heterocycles. The van der Waals surface area contributed by atoms with Crippen LogP contribution >= 0.6 is 0 Å². The zero-order chi connectivity index (χ0) is 14.5. The number of carbonyl (C=O) groups excluding carboxylic acids is 1. The number of rotatable bonds is 3. The summed E-state index contributed by atoms with van der Waals surface area (Å²) in [5.41, 5.74) is 3.04. The van der Waals surface area contributed by atoms with Gasteiger partial charge in [-0.15, -0.1) is 0 Å². The summed E-state index contributed by atoms with van der Waals surface area (Å²) in [6, 6.07) is 5.94. The number of hydrogen-bond acceptors (Lipinski definition) is 3. The van der Waals surface area contributed by atoms with Crippen LogP contribution in [0.5, 0.6) is 0 Å². The Bertz CT molecular complexity index is 473. The highest BCUT2D eigenvalue weighted by molar-refractivity contribution is 5.95. The molecule has 1 aliphatic heterocycles. The van der Waals surface area contributed by atoms with Crippen molar-refractivity contribution in [2.24, 2.45) is 0 Å². The van der Waals surface area contributed by atoms with Gasteiger partial charge in [-0.25, -0.2) is 0 Å². The molecule has 1 aliphatic rings. The largest absolute Gasteiger partial charge is 0.385 e. The molecule has 4 heteroatoms. The third kappa shape index (κ3) is 3.51. The standard InChI is InChI=1S/C16H25N3O/c1-4-17-15-7-6-14(12-13(15)2)16(20)19-9-5-8-18(3)10-11-19/h6-7,12,17H,4-5,8-11H2,1-3H3. The number of hydrogen-bond donors (Lipinski definition) is 1. The minimum Gasteiger partial charge on any atom is -0.385 e. The molecule has 1 aromatic rings. The summed E-state index contributed by atoms with van der Waals surface area (Å²) in [4.78, 5) is 16.8. The highest BCUT2D eigenvalue weighted by atomic mass is 16.2. The Balaban J connectivity index is 2.10. The van der Waals surface area contributed by atoms with E-state index in [0.717, 1.165) is 56.0 Å². The number of aryl methyl sites for hydroxylation is 1. The average molecular weight is 275 g/mol. The van der Waals surface area contributed by atoms with Crippen molar-refractivity contribution in [3.8, 4) is 0 Å². The Hall–Kier alpha value is -1.55. The average Bonchev–Trinajstić information content (AvgIpc) is 2.65. The molecule has 110 valence electrons.